The second-order valence-electron chi connectivity index (χ2n) is 4.79. The lowest BCUT2D eigenvalue weighted by Gasteiger charge is -2.19. The molecule has 2 aromatic carbocycles. The lowest BCUT2D eigenvalue weighted by Crippen LogP contribution is -2.21. The molecule has 0 saturated carbocycles. The summed E-state index contributed by atoms with van der Waals surface area (Å²) < 4.78 is 0. The Morgan fingerprint density at radius 2 is 1.64 bits per heavy atom. The summed E-state index contributed by atoms with van der Waals surface area (Å²) >= 11 is 5.61. The van der Waals surface area contributed by atoms with Gasteiger partial charge in [0.05, 0.1) is 22.7 Å². The molecular weight excluding hydrogens is 304 g/mol. The number of carbonyl (C=O) groups is 2. The molecule has 3 rings (SSSR count). The highest BCUT2D eigenvalue weighted by Crippen LogP contribution is 2.38. The quantitative estimate of drug-likeness (QED) is 0.431. The zero-order chi connectivity index (χ0) is 15.9. The maximum Gasteiger partial charge on any atom is 0.198 e. The summed E-state index contributed by atoms with van der Waals surface area (Å²) in [5, 5.41) is 10.0. The molecule has 6 heteroatoms. The number of phenols is 1. The molecule has 0 aromatic heterocycles. The predicted octanol–water partition coefficient (Wildman–Crippen LogP) is 2.40. The molecule has 0 radical (unpaired) electrons. The van der Waals surface area contributed by atoms with Gasteiger partial charge in [0.1, 0.15) is 11.6 Å². The van der Waals surface area contributed by atoms with Crippen LogP contribution < -0.4 is 5.73 Å². The van der Waals surface area contributed by atoms with Crippen LogP contribution in [0.15, 0.2) is 41.4 Å². The van der Waals surface area contributed by atoms with E-state index in [0.717, 1.165) is 0 Å². The van der Waals surface area contributed by atoms with E-state index in [9.17, 15) is 14.7 Å². The summed E-state index contributed by atoms with van der Waals surface area (Å²) in [4.78, 5) is 29.3. The van der Waals surface area contributed by atoms with Gasteiger partial charge in [-0.2, -0.15) is 0 Å². The number of ketones is 2. The van der Waals surface area contributed by atoms with Crippen molar-refractivity contribution in [3.63, 3.8) is 0 Å². The molecule has 0 bridgehead atoms. The van der Waals surface area contributed by atoms with Crippen LogP contribution in [0.2, 0.25) is 0 Å². The number of rotatable bonds is 2. The molecule has 3 N–H and O–H groups in total. The highest BCUT2D eigenvalue weighted by Gasteiger charge is 2.33. The van der Waals surface area contributed by atoms with Gasteiger partial charge < -0.3 is 10.8 Å². The number of nitrogens with two attached hydrogens (primary N) is 1. The zero-order valence-electron chi connectivity index (χ0n) is 11.3. The lowest BCUT2D eigenvalue weighted by molar-refractivity contribution is 0.0977. The van der Waals surface area contributed by atoms with Crippen molar-refractivity contribution in [1.82, 2.24) is 0 Å². The van der Waals surface area contributed by atoms with E-state index in [0.29, 0.717) is 0 Å². The van der Waals surface area contributed by atoms with Gasteiger partial charge in [-0.05, 0) is 12.1 Å². The van der Waals surface area contributed by atoms with Crippen LogP contribution in [0.3, 0.4) is 0 Å². The minimum Gasteiger partial charge on any atom is -0.507 e. The Balaban J connectivity index is 2.32. The average molecular weight is 315 g/mol. The van der Waals surface area contributed by atoms with Crippen LogP contribution in [-0.4, -0.2) is 28.4 Å². The standard InChI is InChI=1S/C16H11ClN2O3/c17-7-12(18)19-10-5-6-11(20)14-13(10)15(21)8-3-1-2-4-9(8)16(14)22/h1-6,20H,7H2,(H2,18,19). The van der Waals surface area contributed by atoms with Crippen LogP contribution in [0, 0.1) is 0 Å². The number of phenolic OH excluding ortho intramolecular Hbond substituents is 1. The zero-order valence-corrected chi connectivity index (χ0v) is 12.1. The number of halogens is 1. The smallest absolute Gasteiger partial charge is 0.198 e. The molecule has 0 heterocycles. The van der Waals surface area contributed by atoms with Gasteiger partial charge in [-0.1, -0.05) is 24.3 Å². The largest absolute Gasteiger partial charge is 0.507 e. The fourth-order valence-corrected chi connectivity index (χ4v) is 2.53. The van der Waals surface area contributed by atoms with Crippen LogP contribution in [0.4, 0.5) is 5.69 Å². The van der Waals surface area contributed by atoms with Gasteiger partial charge in [0, 0.05) is 11.1 Å². The number of nitrogens with zero attached hydrogens (tertiary/aromatic N) is 1. The number of hydrogen-bond acceptors (Lipinski definition) is 4. The summed E-state index contributed by atoms with van der Waals surface area (Å²) in [6.45, 7) is 0. The monoisotopic (exact) mass is 314 g/mol. The molecule has 1 aliphatic carbocycles. The first-order chi connectivity index (χ1) is 10.5. The Morgan fingerprint density at radius 3 is 2.23 bits per heavy atom. The van der Waals surface area contributed by atoms with Gasteiger partial charge in [-0.3, -0.25) is 9.59 Å². The third-order valence-electron chi connectivity index (χ3n) is 3.43. The average Bonchev–Trinajstić information content (AvgIpc) is 2.54. The number of amidine groups is 1. The van der Waals surface area contributed by atoms with Crippen molar-refractivity contribution in [3.05, 3.63) is 58.7 Å². The second kappa shape index (κ2) is 5.27. The van der Waals surface area contributed by atoms with Crippen molar-refractivity contribution in [2.45, 2.75) is 0 Å². The first-order valence-corrected chi connectivity index (χ1v) is 7.01. The fraction of sp³-hybridized carbons (Fsp3) is 0.0625. The summed E-state index contributed by atoms with van der Waals surface area (Å²) in [7, 11) is 0. The third kappa shape index (κ3) is 2.07. The maximum absolute atomic E-state index is 12.7. The van der Waals surface area contributed by atoms with Gasteiger partial charge in [0.25, 0.3) is 0 Å². The maximum atomic E-state index is 12.7. The number of alkyl halides is 1. The molecule has 110 valence electrons. The van der Waals surface area contributed by atoms with Crippen molar-refractivity contribution in [2.75, 3.05) is 5.88 Å². The van der Waals surface area contributed by atoms with Gasteiger partial charge in [-0.25, -0.2) is 4.99 Å². The number of fused-ring (bicyclic) bond motifs is 2. The van der Waals surface area contributed by atoms with E-state index in [1.54, 1.807) is 24.3 Å². The molecule has 2 aromatic rings. The third-order valence-corrected chi connectivity index (χ3v) is 3.71. The first kappa shape index (κ1) is 14.3. The molecule has 0 unspecified atom stereocenters. The number of carbonyl (C=O) groups excluding carboxylic acids is 2. The molecule has 0 fully saturated rings. The topological polar surface area (TPSA) is 92.8 Å². The number of benzene rings is 2. The minimum atomic E-state index is -0.413. The van der Waals surface area contributed by atoms with Gasteiger partial charge in [0.2, 0.25) is 0 Å². The van der Waals surface area contributed by atoms with Crippen molar-refractivity contribution < 1.29 is 14.7 Å². The van der Waals surface area contributed by atoms with Crippen molar-refractivity contribution in [3.8, 4) is 5.75 Å². The van der Waals surface area contributed by atoms with E-state index in [2.05, 4.69) is 4.99 Å². The number of aromatic hydroxyl groups is 1. The number of aliphatic imine (C=N–C) groups is 1. The molecule has 0 amide bonds. The SMILES string of the molecule is NC(CCl)=Nc1ccc(O)c2c1C(=O)c1ccccc1C2=O. The Kier molecular flexibility index (Phi) is 3.42. The summed E-state index contributed by atoms with van der Waals surface area (Å²) in [6, 6.07) is 9.22. The van der Waals surface area contributed by atoms with Gasteiger partial charge >= 0.3 is 0 Å². The van der Waals surface area contributed by atoms with Gasteiger partial charge in [0.15, 0.2) is 11.6 Å². The second-order valence-corrected chi connectivity index (χ2v) is 5.06. The fourth-order valence-electron chi connectivity index (χ4n) is 2.47. The molecule has 0 atom stereocenters. The molecule has 22 heavy (non-hydrogen) atoms. The molecule has 1 aliphatic rings. The molecule has 0 saturated heterocycles. The van der Waals surface area contributed by atoms with Crippen LogP contribution >= 0.6 is 11.6 Å². The van der Waals surface area contributed by atoms with Crippen molar-refractivity contribution in [1.29, 1.82) is 0 Å². The molecular formula is C16H11ClN2O3. The highest BCUT2D eigenvalue weighted by atomic mass is 35.5. The number of hydrogen-bond donors (Lipinski definition) is 2. The first-order valence-electron chi connectivity index (χ1n) is 6.48. The summed E-state index contributed by atoms with van der Waals surface area (Å²) in [5.74, 6) is -0.930. The van der Waals surface area contributed by atoms with Crippen molar-refractivity contribution >= 4 is 34.7 Å². The summed E-state index contributed by atoms with van der Waals surface area (Å²) in [6.07, 6.45) is 0. The Bertz CT molecular complexity index is 843. The van der Waals surface area contributed by atoms with E-state index < -0.39 is 5.78 Å². The van der Waals surface area contributed by atoms with Crippen LogP contribution in [0.5, 0.6) is 5.75 Å². The highest BCUT2D eigenvalue weighted by molar-refractivity contribution is 6.31. The normalized spacial score (nSPS) is 13.8. The van der Waals surface area contributed by atoms with Crippen LogP contribution in [-0.2, 0) is 0 Å². The Hall–Kier alpha value is -2.66. The van der Waals surface area contributed by atoms with E-state index in [4.69, 9.17) is 17.3 Å². The van der Waals surface area contributed by atoms with E-state index in [1.165, 1.54) is 12.1 Å². The van der Waals surface area contributed by atoms with E-state index in [1.807, 2.05) is 0 Å². The van der Waals surface area contributed by atoms with Crippen LogP contribution in [0.25, 0.3) is 0 Å². The lowest BCUT2D eigenvalue weighted by atomic mass is 9.83. The summed E-state index contributed by atoms with van der Waals surface area (Å²) in [5.41, 5.74) is 6.38. The molecule has 0 aliphatic heterocycles. The molecule has 5 nitrogen and oxygen atoms in total. The van der Waals surface area contributed by atoms with Crippen LogP contribution in [0.1, 0.15) is 31.8 Å². The van der Waals surface area contributed by atoms with E-state index >= 15 is 0 Å². The predicted molar refractivity (Wildman–Crippen MR) is 83.4 cm³/mol. The van der Waals surface area contributed by atoms with Gasteiger partial charge in [-0.15, -0.1) is 11.6 Å². The van der Waals surface area contributed by atoms with E-state index in [-0.39, 0.29) is 51.2 Å². The minimum absolute atomic E-state index is 0.00558. The Morgan fingerprint density at radius 1 is 1.05 bits per heavy atom. The molecule has 0 spiro atoms. The Labute approximate surface area is 131 Å². The van der Waals surface area contributed by atoms with Crippen molar-refractivity contribution in [2.24, 2.45) is 10.7 Å².